The monoisotopic (exact) mass is 470 g/mol. The van der Waals surface area contributed by atoms with E-state index in [2.05, 4.69) is 6.92 Å². The molecule has 6 heteroatoms. The molecule has 2 aliphatic rings. The van der Waals surface area contributed by atoms with Gasteiger partial charge in [0.05, 0.1) is 24.0 Å². The number of amides is 2. The van der Waals surface area contributed by atoms with Crippen LogP contribution in [0.3, 0.4) is 0 Å². The highest BCUT2D eigenvalue weighted by atomic mass is 16.7. The van der Waals surface area contributed by atoms with Crippen LogP contribution < -0.4 is 14.7 Å². The van der Waals surface area contributed by atoms with E-state index in [1.807, 2.05) is 72.8 Å². The van der Waals surface area contributed by atoms with Crippen LogP contribution in [0, 0.1) is 5.92 Å². The summed E-state index contributed by atoms with van der Waals surface area (Å²) in [4.78, 5) is 34.6. The lowest BCUT2D eigenvalue weighted by Crippen LogP contribution is -2.41. The molecule has 0 radical (unpaired) electrons. The summed E-state index contributed by atoms with van der Waals surface area (Å²) in [5, 5.41) is 1.75. The molecular formula is C29H30N2O4. The van der Waals surface area contributed by atoms with Crippen molar-refractivity contribution in [2.45, 2.75) is 44.8 Å². The second-order valence-corrected chi connectivity index (χ2v) is 9.03. The Labute approximate surface area is 206 Å². The largest absolute Gasteiger partial charge is 0.494 e. The van der Waals surface area contributed by atoms with E-state index in [9.17, 15) is 9.59 Å². The number of ether oxygens (including phenoxy) is 1. The molecule has 0 unspecified atom stereocenters. The molecule has 0 N–H and O–H groups in total. The topological polar surface area (TPSA) is 59.1 Å². The van der Waals surface area contributed by atoms with Gasteiger partial charge in [-0.3, -0.25) is 14.4 Å². The Hall–Kier alpha value is -3.64. The van der Waals surface area contributed by atoms with Crippen LogP contribution >= 0.6 is 0 Å². The number of anilines is 2. The number of hydroxylamine groups is 1. The molecule has 5 rings (SSSR count). The van der Waals surface area contributed by atoms with E-state index >= 15 is 0 Å². The highest BCUT2D eigenvalue weighted by molar-refractivity contribution is 6.23. The Balaban J connectivity index is 1.38. The van der Waals surface area contributed by atoms with E-state index in [1.165, 1.54) is 4.90 Å². The molecule has 0 aliphatic carbocycles. The van der Waals surface area contributed by atoms with E-state index in [0.717, 1.165) is 36.3 Å². The zero-order chi connectivity index (χ0) is 24.2. The summed E-state index contributed by atoms with van der Waals surface area (Å²) in [7, 11) is 0. The fourth-order valence-electron chi connectivity index (χ4n) is 4.87. The predicted octanol–water partition coefficient (Wildman–Crippen LogP) is 5.18. The first-order valence-electron chi connectivity index (χ1n) is 12.3. The van der Waals surface area contributed by atoms with Gasteiger partial charge in [-0.05, 0) is 54.8 Å². The minimum atomic E-state index is -0.846. The van der Waals surface area contributed by atoms with Crippen molar-refractivity contribution in [1.82, 2.24) is 0 Å². The van der Waals surface area contributed by atoms with Gasteiger partial charge in [-0.25, -0.2) is 9.96 Å². The van der Waals surface area contributed by atoms with Crippen LogP contribution in [0.15, 0.2) is 84.9 Å². The standard InChI is InChI=1S/C29H30N2O4/c1-2-3-10-19-34-24-17-15-22(16-18-24)30-28(32)26-25(20-21-11-6-4-7-12-21)31(35-27(26)29(30)33)23-13-8-5-9-14-23/h4-9,11-18,25-27H,2-3,10,19-20H2,1H3/t25-,26+,27-/m1/s1. The molecule has 180 valence electrons. The van der Waals surface area contributed by atoms with E-state index in [4.69, 9.17) is 9.57 Å². The Morgan fingerprint density at radius 3 is 2.17 bits per heavy atom. The van der Waals surface area contributed by atoms with Gasteiger partial charge >= 0.3 is 0 Å². The SMILES string of the molecule is CCCCCOc1ccc(N2C(=O)[C@H]3[C@@H](Cc4ccccc4)N(c4ccccc4)O[C@H]3C2=O)cc1. The maximum atomic E-state index is 13.7. The fraction of sp³-hybridized carbons (Fsp3) is 0.310. The first-order chi connectivity index (χ1) is 17.2. The molecular weight excluding hydrogens is 440 g/mol. The van der Waals surface area contributed by atoms with Crippen LogP contribution in [0.1, 0.15) is 31.7 Å². The molecule has 35 heavy (non-hydrogen) atoms. The molecule has 0 spiro atoms. The van der Waals surface area contributed by atoms with E-state index in [1.54, 1.807) is 17.2 Å². The molecule has 2 heterocycles. The van der Waals surface area contributed by atoms with E-state index in [0.29, 0.717) is 18.7 Å². The minimum absolute atomic E-state index is 0.226. The van der Waals surface area contributed by atoms with Gasteiger partial charge in [-0.15, -0.1) is 0 Å². The number of hydrogen-bond acceptors (Lipinski definition) is 5. The highest BCUT2D eigenvalue weighted by Crippen LogP contribution is 2.41. The zero-order valence-corrected chi connectivity index (χ0v) is 19.9. The first-order valence-corrected chi connectivity index (χ1v) is 12.3. The molecule has 2 aliphatic heterocycles. The summed E-state index contributed by atoms with van der Waals surface area (Å²) in [5.74, 6) is -0.408. The Kier molecular flexibility index (Phi) is 6.82. The number of nitrogens with zero attached hydrogens (tertiary/aromatic N) is 2. The maximum Gasteiger partial charge on any atom is 0.266 e. The van der Waals surface area contributed by atoms with E-state index < -0.39 is 12.0 Å². The van der Waals surface area contributed by atoms with E-state index in [-0.39, 0.29) is 17.9 Å². The van der Waals surface area contributed by atoms with Gasteiger partial charge in [0.25, 0.3) is 5.91 Å². The molecule has 3 aromatic carbocycles. The molecule has 0 aromatic heterocycles. The molecule has 2 amide bonds. The van der Waals surface area contributed by atoms with Crippen molar-refractivity contribution in [2.24, 2.45) is 5.92 Å². The number of benzene rings is 3. The Morgan fingerprint density at radius 1 is 0.800 bits per heavy atom. The summed E-state index contributed by atoms with van der Waals surface area (Å²) >= 11 is 0. The number of imide groups is 1. The van der Waals surface area contributed by atoms with Gasteiger partial charge in [-0.1, -0.05) is 68.3 Å². The average molecular weight is 471 g/mol. The molecule has 2 fully saturated rings. The predicted molar refractivity (Wildman–Crippen MR) is 135 cm³/mol. The fourth-order valence-corrected chi connectivity index (χ4v) is 4.87. The summed E-state index contributed by atoms with van der Waals surface area (Å²) < 4.78 is 5.78. The molecule has 2 saturated heterocycles. The third-order valence-corrected chi connectivity index (χ3v) is 6.65. The summed E-state index contributed by atoms with van der Waals surface area (Å²) in [5.41, 5.74) is 2.47. The lowest BCUT2D eigenvalue weighted by molar-refractivity contribution is -0.126. The summed E-state index contributed by atoms with van der Waals surface area (Å²) in [6.07, 6.45) is 3.01. The average Bonchev–Trinajstić information content (AvgIpc) is 3.38. The lowest BCUT2D eigenvalue weighted by atomic mass is 9.91. The number of rotatable bonds is 9. The van der Waals surface area contributed by atoms with Gasteiger partial charge in [0.1, 0.15) is 11.7 Å². The Morgan fingerprint density at radius 2 is 1.49 bits per heavy atom. The van der Waals surface area contributed by atoms with Crippen molar-refractivity contribution in [3.63, 3.8) is 0 Å². The zero-order valence-electron chi connectivity index (χ0n) is 19.9. The number of fused-ring (bicyclic) bond motifs is 1. The smallest absolute Gasteiger partial charge is 0.266 e. The van der Waals surface area contributed by atoms with Crippen LogP contribution in [0.4, 0.5) is 11.4 Å². The summed E-state index contributed by atoms with van der Waals surface area (Å²) in [6.45, 7) is 2.81. The third kappa shape index (κ3) is 4.66. The van der Waals surface area contributed by atoms with Gasteiger partial charge < -0.3 is 4.74 Å². The maximum absolute atomic E-state index is 13.7. The van der Waals surface area contributed by atoms with Crippen molar-refractivity contribution in [1.29, 1.82) is 0 Å². The Bertz CT molecular complexity index is 1150. The third-order valence-electron chi connectivity index (χ3n) is 6.65. The van der Waals surface area contributed by atoms with Crippen LogP contribution in [0.25, 0.3) is 0 Å². The number of para-hydroxylation sites is 1. The molecule has 0 bridgehead atoms. The molecule has 3 atom stereocenters. The second-order valence-electron chi connectivity index (χ2n) is 9.03. The normalized spacial score (nSPS) is 21.5. The van der Waals surface area contributed by atoms with Crippen molar-refractivity contribution in [3.05, 3.63) is 90.5 Å². The minimum Gasteiger partial charge on any atom is -0.494 e. The number of carbonyl (C=O) groups is 2. The van der Waals surface area contributed by atoms with Crippen molar-refractivity contribution < 1.29 is 19.2 Å². The molecule has 0 saturated carbocycles. The second kappa shape index (κ2) is 10.3. The van der Waals surface area contributed by atoms with Gasteiger partial charge in [0.15, 0.2) is 6.10 Å². The van der Waals surface area contributed by atoms with Crippen molar-refractivity contribution in [2.75, 3.05) is 16.6 Å². The number of unbranched alkanes of at least 4 members (excludes halogenated alkanes) is 2. The van der Waals surface area contributed by atoms with Gasteiger partial charge in [0, 0.05) is 0 Å². The summed E-state index contributed by atoms with van der Waals surface area (Å²) in [6, 6.07) is 26.5. The first kappa shape index (κ1) is 23.1. The molecule has 3 aromatic rings. The number of carbonyl (C=O) groups excluding carboxylic acids is 2. The van der Waals surface area contributed by atoms with Crippen molar-refractivity contribution in [3.8, 4) is 5.75 Å². The number of hydrogen-bond donors (Lipinski definition) is 0. The van der Waals surface area contributed by atoms with Gasteiger partial charge in [-0.2, -0.15) is 0 Å². The van der Waals surface area contributed by atoms with Crippen LogP contribution in [0.5, 0.6) is 5.75 Å². The van der Waals surface area contributed by atoms with Crippen LogP contribution in [-0.4, -0.2) is 30.6 Å². The highest BCUT2D eigenvalue weighted by Gasteiger charge is 2.59. The molecule has 6 nitrogen and oxygen atoms in total. The van der Waals surface area contributed by atoms with Crippen LogP contribution in [-0.2, 0) is 20.8 Å². The van der Waals surface area contributed by atoms with Crippen molar-refractivity contribution >= 4 is 23.2 Å². The van der Waals surface area contributed by atoms with Crippen LogP contribution in [0.2, 0.25) is 0 Å². The quantitative estimate of drug-likeness (QED) is 0.319. The van der Waals surface area contributed by atoms with Gasteiger partial charge in [0.2, 0.25) is 5.91 Å². The lowest BCUT2D eigenvalue weighted by Gasteiger charge is -2.28.